The molecule has 2 heterocycles. The molecule has 8 heteroatoms. The minimum atomic E-state index is -0.512. The molecule has 2 rings (SSSR count). The Morgan fingerprint density at radius 2 is 2.15 bits per heavy atom. The molecule has 2 N–H and O–H groups in total. The van der Waals surface area contributed by atoms with Crippen LogP contribution in [0.4, 0.5) is 5.82 Å². The second kappa shape index (κ2) is 5.72. The van der Waals surface area contributed by atoms with E-state index in [9.17, 15) is 4.79 Å². The van der Waals surface area contributed by atoms with Crippen LogP contribution in [-0.4, -0.2) is 32.3 Å². The smallest absolute Gasteiger partial charge is 0.360 e. The predicted molar refractivity (Wildman–Crippen MR) is 70.1 cm³/mol. The molecule has 0 fully saturated rings. The lowest BCUT2D eigenvalue weighted by atomic mass is 10.4. The summed E-state index contributed by atoms with van der Waals surface area (Å²) in [5, 5.41) is 3.81. The number of aromatic nitrogens is 4. The average Bonchev–Trinajstić information content (AvgIpc) is 2.92. The van der Waals surface area contributed by atoms with Gasteiger partial charge in [-0.3, -0.25) is 0 Å². The molecule has 0 spiro atoms. The molecule has 2 aromatic heterocycles. The first kappa shape index (κ1) is 14.0. The van der Waals surface area contributed by atoms with Gasteiger partial charge in [-0.1, -0.05) is 5.16 Å². The Morgan fingerprint density at radius 1 is 1.40 bits per heavy atom. The van der Waals surface area contributed by atoms with E-state index in [4.69, 9.17) is 15.0 Å². The summed E-state index contributed by atoms with van der Waals surface area (Å²) in [7, 11) is 0. The normalized spacial score (nSPS) is 10.8. The van der Waals surface area contributed by atoms with Crippen LogP contribution in [0.15, 0.2) is 4.52 Å². The number of hydrogen-bond acceptors (Lipinski definition) is 7. The zero-order valence-electron chi connectivity index (χ0n) is 11.7. The number of imidazole rings is 1. The van der Waals surface area contributed by atoms with Crippen LogP contribution in [0, 0.1) is 13.8 Å². The quantitative estimate of drug-likeness (QED) is 0.809. The van der Waals surface area contributed by atoms with E-state index in [-0.39, 0.29) is 12.3 Å². The summed E-state index contributed by atoms with van der Waals surface area (Å²) < 4.78 is 11.5. The molecule has 0 radical (unpaired) electrons. The summed E-state index contributed by atoms with van der Waals surface area (Å²) in [4.78, 5) is 19.9. The Hall–Kier alpha value is -2.38. The molecule has 0 unspecified atom stereocenters. The first-order valence-corrected chi connectivity index (χ1v) is 6.31. The Kier molecular flexibility index (Phi) is 4.02. The third-order valence-corrected chi connectivity index (χ3v) is 2.80. The van der Waals surface area contributed by atoms with Gasteiger partial charge in [0.2, 0.25) is 5.89 Å². The van der Waals surface area contributed by atoms with E-state index < -0.39 is 5.97 Å². The van der Waals surface area contributed by atoms with Crippen molar-refractivity contribution in [2.24, 2.45) is 0 Å². The van der Waals surface area contributed by atoms with Crippen molar-refractivity contribution in [3.8, 4) is 0 Å². The lowest BCUT2D eigenvalue weighted by Gasteiger charge is -2.05. The fraction of sp³-hybridized carbons (Fsp3) is 0.500. The van der Waals surface area contributed by atoms with Crippen molar-refractivity contribution in [2.45, 2.75) is 33.7 Å². The van der Waals surface area contributed by atoms with E-state index in [1.54, 1.807) is 25.3 Å². The van der Waals surface area contributed by atoms with Gasteiger partial charge in [0.25, 0.3) is 0 Å². The van der Waals surface area contributed by atoms with Gasteiger partial charge in [-0.25, -0.2) is 9.78 Å². The number of rotatable bonds is 5. The van der Waals surface area contributed by atoms with Crippen LogP contribution in [0.5, 0.6) is 0 Å². The molecule has 0 amide bonds. The minimum Gasteiger partial charge on any atom is -0.461 e. The predicted octanol–water partition coefficient (Wildman–Crippen LogP) is 0.885. The maximum atomic E-state index is 11.7. The van der Waals surface area contributed by atoms with Crippen molar-refractivity contribution in [3.63, 3.8) is 0 Å². The summed E-state index contributed by atoms with van der Waals surface area (Å²) in [5.41, 5.74) is 6.09. The molecule has 8 nitrogen and oxygen atoms in total. The van der Waals surface area contributed by atoms with Crippen LogP contribution in [0.25, 0.3) is 0 Å². The number of hydrogen-bond donors (Lipinski definition) is 1. The molecule has 0 saturated heterocycles. The molecule has 108 valence electrons. The minimum absolute atomic E-state index is 0.147. The van der Waals surface area contributed by atoms with E-state index >= 15 is 0 Å². The maximum Gasteiger partial charge on any atom is 0.360 e. The molecular weight excluding hydrogens is 262 g/mol. The number of carbonyl (C=O) groups is 1. The molecule has 0 aliphatic heterocycles. The highest BCUT2D eigenvalue weighted by atomic mass is 16.5. The number of nitrogens with zero attached hydrogens (tertiary/aromatic N) is 4. The zero-order valence-corrected chi connectivity index (χ0v) is 11.7. The van der Waals surface area contributed by atoms with Crippen molar-refractivity contribution < 1.29 is 14.1 Å². The van der Waals surface area contributed by atoms with Gasteiger partial charge < -0.3 is 19.6 Å². The number of ether oxygens (including phenoxy) is 1. The van der Waals surface area contributed by atoms with E-state index in [1.807, 2.05) is 0 Å². The number of aryl methyl sites for hydroxylation is 3. The lowest BCUT2D eigenvalue weighted by Crippen LogP contribution is -2.11. The molecule has 0 bridgehead atoms. The Bertz CT molecular complexity index is 617. The van der Waals surface area contributed by atoms with Crippen LogP contribution in [0.1, 0.15) is 35.0 Å². The number of carbonyl (C=O) groups excluding carboxylic acids is 1. The highest BCUT2D eigenvalue weighted by Gasteiger charge is 2.19. The van der Waals surface area contributed by atoms with Crippen molar-refractivity contribution >= 4 is 11.8 Å². The van der Waals surface area contributed by atoms with Gasteiger partial charge in [0.05, 0.1) is 6.61 Å². The zero-order chi connectivity index (χ0) is 14.7. The Balaban J connectivity index is 2.14. The van der Waals surface area contributed by atoms with Gasteiger partial charge in [0.15, 0.2) is 11.5 Å². The Labute approximate surface area is 115 Å². The van der Waals surface area contributed by atoms with Gasteiger partial charge >= 0.3 is 5.97 Å². The fourth-order valence-corrected chi connectivity index (χ4v) is 1.87. The number of nitrogen functional groups attached to an aromatic ring is 1. The third kappa shape index (κ3) is 2.79. The van der Waals surface area contributed by atoms with Crippen LogP contribution in [0.2, 0.25) is 0 Å². The van der Waals surface area contributed by atoms with Crippen LogP contribution in [0.3, 0.4) is 0 Å². The van der Waals surface area contributed by atoms with Gasteiger partial charge in [0.1, 0.15) is 11.6 Å². The van der Waals surface area contributed by atoms with Crippen molar-refractivity contribution in [1.82, 2.24) is 19.7 Å². The molecule has 2 aromatic rings. The van der Waals surface area contributed by atoms with Gasteiger partial charge in [-0.05, 0) is 13.8 Å². The van der Waals surface area contributed by atoms with Crippen LogP contribution < -0.4 is 5.73 Å². The van der Waals surface area contributed by atoms with Gasteiger partial charge in [-0.2, -0.15) is 4.98 Å². The first-order chi connectivity index (χ1) is 9.52. The maximum absolute atomic E-state index is 11.7. The molecular formula is C12H17N5O3. The lowest BCUT2D eigenvalue weighted by molar-refractivity contribution is 0.0521. The van der Waals surface area contributed by atoms with Gasteiger partial charge in [0, 0.05) is 19.9 Å². The molecule has 0 atom stereocenters. The summed E-state index contributed by atoms with van der Waals surface area (Å²) >= 11 is 0. The van der Waals surface area contributed by atoms with E-state index in [0.717, 1.165) is 0 Å². The van der Waals surface area contributed by atoms with Crippen LogP contribution in [-0.2, 0) is 17.7 Å². The van der Waals surface area contributed by atoms with E-state index in [2.05, 4.69) is 15.1 Å². The summed E-state index contributed by atoms with van der Waals surface area (Å²) in [6.45, 7) is 6.04. The van der Waals surface area contributed by atoms with Crippen molar-refractivity contribution in [3.05, 3.63) is 23.2 Å². The van der Waals surface area contributed by atoms with E-state index in [0.29, 0.717) is 36.3 Å². The standard InChI is InChI=1S/C12H17N5O3/c1-4-19-12(18)10-11(13)17(7(2)14-10)6-5-9-15-8(3)20-16-9/h4-6,13H2,1-3H3. The van der Waals surface area contributed by atoms with E-state index in [1.165, 1.54) is 0 Å². The molecule has 0 aliphatic rings. The monoisotopic (exact) mass is 279 g/mol. The third-order valence-electron chi connectivity index (χ3n) is 2.80. The number of anilines is 1. The largest absolute Gasteiger partial charge is 0.461 e. The average molecular weight is 279 g/mol. The fourth-order valence-electron chi connectivity index (χ4n) is 1.87. The molecule has 0 aromatic carbocycles. The highest BCUT2D eigenvalue weighted by Crippen LogP contribution is 2.16. The van der Waals surface area contributed by atoms with Crippen molar-refractivity contribution in [1.29, 1.82) is 0 Å². The van der Waals surface area contributed by atoms with Crippen molar-refractivity contribution in [2.75, 3.05) is 12.3 Å². The second-order valence-electron chi connectivity index (χ2n) is 4.24. The topological polar surface area (TPSA) is 109 Å². The summed E-state index contributed by atoms with van der Waals surface area (Å²) in [6, 6.07) is 0. The molecule has 0 saturated carbocycles. The first-order valence-electron chi connectivity index (χ1n) is 6.31. The van der Waals surface area contributed by atoms with Gasteiger partial charge in [-0.15, -0.1) is 0 Å². The molecule has 20 heavy (non-hydrogen) atoms. The summed E-state index contributed by atoms with van der Waals surface area (Å²) in [6.07, 6.45) is 0.543. The Morgan fingerprint density at radius 3 is 2.75 bits per heavy atom. The number of esters is 1. The number of nitrogens with two attached hydrogens (primary N) is 1. The second-order valence-corrected chi connectivity index (χ2v) is 4.24. The highest BCUT2D eigenvalue weighted by molar-refractivity contribution is 5.92. The SMILES string of the molecule is CCOC(=O)c1nc(C)n(CCc2noc(C)n2)c1N. The molecule has 0 aliphatic carbocycles. The summed E-state index contributed by atoms with van der Waals surface area (Å²) in [5.74, 6) is 1.53. The van der Waals surface area contributed by atoms with Crippen LogP contribution >= 0.6 is 0 Å².